The van der Waals surface area contributed by atoms with Crippen LogP contribution in [0.4, 0.5) is 0 Å². The molecule has 0 saturated heterocycles. The minimum atomic E-state index is -0.741. The number of thioether (sulfide) groups is 1. The second-order valence-electron chi connectivity index (χ2n) is 11.2. The number of fused-ring (bicyclic) bond motifs is 1. The van der Waals surface area contributed by atoms with Crippen molar-refractivity contribution in [1.29, 1.82) is 0 Å². The summed E-state index contributed by atoms with van der Waals surface area (Å²) in [5.41, 5.74) is 2.36. The van der Waals surface area contributed by atoms with Gasteiger partial charge in [-0.15, -0.1) is 0 Å². The fourth-order valence-electron chi connectivity index (χ4n) is 6.79. The first-order valence-corrected chi connectivity index (χ1v) is 14.5. The quantitative estimate of drug-likeness (QED) is 0.353. The molecule has 0 aromatic rings. The Bertz CT molecular complexity index is 704. The van der Waals surface area contributed by atoms with E-state index >= 15 is 0 Å². The monoisotopic (exact) mass is 496 g/mol. The zero-order valence-corrected chi connectivity index (χ0v) is 22.5. The summed E-state index contributed by atoms with van der Waals surface area (Å²) in [7, 11) is 0. The minimum Gasteiger partial charge on any atom is -0.394 e. The lowest BCUT2D eigenvalue weighted by atomic mass is 9.63. The van der Waals surface area contributed by atoms with E-state index in [4.69, 9.17) is 9.84 Å². The zero-order valence-electron chi connectivity index (χ0n) is 21.7. The largest absolute Gasteiger partial charge is 0.394 e. The maximum Gasteiger partial charge on any atom is 0.110 e. The Morgan fingerprint density at radius 3 is 2.44 bits per heavy atom. The Kier molecular flexibility index (Phi) is 10.2. The predicted molar refractivity (Wildman–Crippen MR) is 140 cm³/mol. The maximum atomic E-state index is 10.8. The van der Waals surface area contributed by atoms with Crippen molar-refractivity contribution in [3.8, 4) is 0 Å². The summed E-state index contributed by atoms with van der Waals surface area (Å²) in [5, 5.41) is 41.2. The number of ether oxygens (including phenoxy) is 1. The second kappa shape index (κ2) is 12.2. The van der Waals surface area contributed by atoms with Gasteiger partial charge in [-0.2, -0.15) is 11.8 Å². The molecule has 196 valence electrons. The van der Waals surface area contributed by atoms with Crippen molar-refractivity contribution in [2.24, 2.45) is 17.3 Å². The van der Waals surface area contributed by atoms with Crippen LogP contribution in [0.25, 0.3) is 0 Å². The molecule has 0 amide bonds. The van der Waals surface area contributed by atoms with Crippen LogP contribution in [-0.4, -0.2) is 68.6 Å². The summed E-state index contributed by atoms with van der Waals surface area (Å²) in [4.78, 5) is 0. The molecular formula is C28H48O5S. The first kappa shape index (κ1) is 28.2. The molecule has 6 atom stereocenters. The molecule has 0 unspecified atom stereocenters. The van der Waals surface area contributed by atoms with Gasteiger partial charge < -0.3 is 25.2 Å². The molecule has 0 spiro atoms. The molecular weight excluding hydrogens is 448 g/mol. The van der Waals surface area contributed by atoms with E-state index in [9.17, 15) is 15.3 Å². The van der Waals surface area contributed by atoms with Crippen molar-refractivity contribution in [3.05, 3.63) is 23.3 Å². The van der Waals surface area contributed by atoms with Gasteiger partial charge in [0.1, 0.15) is 6.10 Å². The third-order valence-electron chi connectivity index (χ3n) is 9.17. The lowest BCUT2D eigenvalue weighted by Gasteiger charge is -2.44. The molecule has 3 saturated carbocycles. The van der Waals surface area contributed by atoms with Crippen LogP contribution in [0.1, 0.15) is 85.5 Å². The third kappa shape index (κ3) is 6.30. The summed E-state index contributed by atoms with van der Waals surface area (Å²) in [6.07, 6.45) is 11.1. The first-order valence-electron chi connectivity index (χ1n) is 13.5. The summed E-state index contributed by atoms with van der Waals surface area (Å²) < 4.78 is 5.45. The van der Waals surface area contributed by atoms with Crippen LogP contribution >= 0.6 is 11.8 Å². The van der Waals surface area contributed by atoms with Gasteiger partial charge in [0.05, 0.1) is 31.0 Å². The average molecular weight is 497 g/mol. The van der Waals surface area contributed by atoms with Crippen LogP contribution < -0.4 is 0 Å². The van der Waals surface area contributed by atoms with Crippen LogP contribution in [-0.2, 0) is 4.74 Å². The Morgan fingerprint density at radius 2 is 1.82 bits per heavy atom. The van der Waals surface area contributed by atoms with Crippen molar-refractivity contribution >= 4 is 11.8 Å². The third-order valence-corrected chi connectivity index (χ3v) is 10.7. The number of aliphatic hydroxyl groups excluding tert-OH is 3. The van der Waals surface area contributed by atoms with Crippen LogP contribution in [0.2, 0.25) is 0 Å². The van der Waals surface area contributed by atoms with Crippen molar-refractivity contribution in [2.75, 3.05) is 19.0 Å². The van der Waals surface area contributed by atoms with Gasteiger partial charge in [-0.25, -0.2) is 0 Å². The van der Waals surface area contributed by atoms with E-state index in [-0.39, 0.29) is 13.2 Å². The minimum absolute atomic E-state index is 0.110. The van der Waals surface area contributed by atoms with E-state index in [1.54, 1.807) is 0 Å². The van der Waals surface area contributed by atoms with Gasteiger partial charge in [-0.05, 0) is 75.0 Å². The average Bonchev–Trinajstić information content (AvgIpc) is 3.18. The van der Waals surface area contributed by atoms with Gasteiger partial charge in [0, 0.05) is 11.0 Å². The number of allylic oxidation sites excluding steroid dienone is 3. The molecule has 5 nitrogen and oxygen atoms in total. The summed E-state index contributed by atoms with van der Waals surface area (Å²) >= 11 is 1.96. The molecule has 3 rings (SSSR count). The molecule has 0 heterocycles. The highest BCUT2D eigenvalue weighted by Crippen LogP contribution is 2.59. The fraction of sp³-hybridized carbons (Fsp3) is 0.857. The maximum absolute atomic E-state index is 10.8. The Morgan fingerprint density at radius 1 is 1.15 bits per heavy atom. The summed E-state index contributed by atoms with van der Waals surface area (Å²) in [6.45, 7) is 9.06. The molecule has 0 aromatic heterocycles. The Hall–Kier alpha value is -0.370. The Labute approximate surface area is 211 Å². The highest BCUT2D eigenvalue weighted by Gasteiger charge is 2.51. The van der Waals surface area contributed by atoms with Gasteiger partial charge in [0.2, 0.25) is 0 Å². The van der Waals surface area contributed by atoms with Crippen molar-refractivity contribution in [2.45, 2.75) is 115 Å². The van der Waals surface area contributed by atoms with Gasteiger partial charge in [-0.1, -0.05) is 51.0 Å². The molecule has 0 aromatic carbocycles. The molecule has 3 fully saturated rings. The summed E-state index contributed by atoms with van der Waals surface area (Å²) in [6, 6.07) is 0. The molecule has 0 radical (unpaired) electrons. The topological polar surface area (TPSA) is 90.2 Å². The molecule has 3 aliphatic carbocycles. The molecule has 0 aliphatic heterocycles. The molecule has 6 heteroatoms. The van der Waals surface area contributed by atoms with E-state index in [1.807, 2.05) is 11.8 Å². The highest BCUT2D eigenvalue weighted by atomic mass is 32.2. The van der Waals surface area contributed by atoms with E-state index in [1.165, 1.54) is 31.3 Å². The van der Waals surface area contributed by atoms with Crippen molar-refractivity contribution in [1.82, 2.24) is 0 Å². The van der Waals surface area contributed by atoms with Gasteiger partial charge in [0.15, 0.2) is 0 Å². The lowest BCUT2D eigenvalue weighted by Crippen LogP contribution is -2.44. The van der Waals surface area contributed by atoms with E-state index < -0.39 is 23.9 Å². The number of rotatable bonds is 10. The normalized spacial score (nSPS) is 36.5. The van der Waals surface area contributed by atoms with Gasteiger partial charge >= 0.3 is 0 Å². The van der Waals surface area contributed by atoms with E-state index in [0.29, 0.717) is 35.3 Å². The first-order chi connectivity index (χ1) is 16.2. The molecule has 3 aliphatic rings. The standard InChI is InChI=1S/C28H48O5S/c1-5-28(32,6-2)18-34-19(3)22-11-12-23-21(8-7-13-27(22,23)4)10-9-20-16-24(30)26(25(31)17-20)33-15-14-29/h9-10,19,22-26,29-32H,5-8,11-18H2,1-4H3/b20-9?,21-10+/t19-,22+,23-,24+,25+,26?,27+/m0/s1. The zero-order chi connectivity index (χ0) is 24.9. The highest BCUT2D eigenvalue weighted by molar-refractivity contribution is 7.99. The van der Waals surface area contributed by atoms with Crippen molar-refractivity contribution < 1.29 is 25.2 Å². The van der Waals surface area contributed by atoms with Crippen LogP contribution in [0.5, 0.6) is 0 Å². The van der Waals surface area contributed by atoms with Crippen LogP contribution in [0, 0.1) is 17.3 Å². The van der Waals surface area contributed by atoms with E-state index in [0.717, 1.165) is 30.6 Å². The van der Waals surface area contributed by atoms with E-state index in [2.05, 4.69) is 39.8 Å². The van der Waals surface area contributed by atoms with Crippen molar-refractivity contribution in [3.63, 3.8) is 0 Å². The smallest absolute Gasteiger partial charge is 0.110 e. The summed E-state index contributed by atoms with van der Waals surface area (Å²) in [5.74, 6) is 2.09. The SMILES string of the molecule is CCC(O)(CC)CS[C@@H](C)[C@H]1CC[C@H]2/C(=C/C=C3C[C@@H](O)C(OCCO)[C@H](O)C3)CCC[C@]12C. The number of hydrogen-bond donors (Lipinski definition) is 4. The van der Waals surface area contributed by atoms with Gasteiger partial charge in [-0.3, -0.25) is 0 Å². The number of aliphatic hydroxyl groups is 4. The molecule has 0 bridgehead atoms. The predicted octanol–water partition coefficient (Wildman–Crippen LogP) is 4.62. The molecule has 4 N–H and O–H groups in total. The van der Waals surface area contributed by atoms with Gasteiger partial charge in [0.25, 0.3) is 0 Å². The second-order valence-corrected chi connectivity index (χ2v) is 12.6. The van der Waals surface area contributed by atoms with Crippen LogP contribution in [0.3, 0.4) is 0 Å². The van der Waals surface area contributed by atoms with Crippen LogP contribution in [0.15, 0.2) is 23.3 Å². The number of hydrogen-bond acceptors (Lipinski definition) is 6. The fourth-order valence-corrected chi connectivity index (χ4v) is 8.45. The lowest BCUT2D eigenvalue weighted by molar-refractivity contribution is -0.115. The Balaban J connectivity index is 1.66. The molecule has 34 heavy (non-hydrogen) atoms.